The first-order chi connectivity index (χ1) is 8.89. The van der Waals surface area contributed by atoms with Gasteiger partial charge in [-0.15, -0.1) is 0 Å². The number of hydrogen-bond donors (Lipinski definition) is 1. The molecule has 110 valence electrons. The van der Waals surface area contributed by atoms with Crippen LogP contribution < -0.4 is 5.73 Å². The SMILES string of the molecule is CCCC1=NN(CCS(C)(=O)=O)C(=O)C1CCCN. The Labute approximate surface area is 114 Å². The molecule has 0 aromatic rings. The van der Waals surface area contributed by atoms with Crippen molar-refractivity contribution >= 4 is 21.5 Å². The second-order valence-electron chi connectivity index (χ2n) is 4.92. The number of sulfone groups is 1. The topological polar surface area (TPSA) is 92.8 Å². The van der Waals surface area contributed by atoms with Gasteiger partial charge in [-0.05, 0) is 25.8 Å². The first-order valence-electron chi connectivity index (χ1n) is 6.65. The molecule has 0 radical (unpaired) electrons. The van der Waals surface area contributed by atoms with Gasteiger partial charge >= 0.3 is 0 Å². The van der Waals surface area contributed by atoms with Crippen molar-refractivity contribution in [3.05, 3.63) is 0 Å². The highest BCUT2D eigenvalue weighted by atomic mass is 32.2. The molecule has 0 spiro atoms. The third-order valence-corrected chi connectivity index (χ3v) is 4.00. The summed E-state index contributed by atoms with van der Waals surface area (Å²) in [6, 6.07) is 0. The lowest BCUT2D eigenvalue weighted by Crippen LogP contribution is -2.31. The average Bonchev–Trinajstić information content (AvgIpc) is 2.61. The minimum absolute atomic E-state index is 0.0503. The molecule has 0 fully saturated rings. The molecule has 1 amide bonds. The van der Waals surface area contributed by atoms with Gasteiger partial charge in [-0.2, -0.15) is 5.10 Å². The number of hydrogen-bond acceptors (Lipinski definition) is 5. The number of carbonyl (C=O) groups is 1. The Kier molecular flexibility index (Phi) is 5.93. The Morgan fingerprint density at radius 2 is 2.11 bits per heavy atom. The van der Waals surface area contributed by atoms with Crippen LogP contribution in [0.2, 0.25) is 0 Å². The summed E-state index contributed by atoms with van der Waals surface area (Å²) in [4.78, 5) is 12.2. The zero-order chi connectivity index (χ0) is 14.5. The van der Waals surface area contributed by atoms with E-state index in [9.17, 15) is 13.2 Å². The molecule has 1 aliphatic rings. The lowest BCUT2D eigenvalue weighted by molar-refractivity contribution is -0.131. The molecule has 1 heterocycles. The van der Waals surface area contributed by atoms with Crippen LogP contribution in [0.5, 0.6) is 0 Å². The molecule has 1 aliphatic heterocycles. The van der Waals surface area contributed by atoms with E-state index in [2.05, 4.69) is 5.10 Å². The summed E-state index contributed by atoms with van der Waals surface area (Å²) in [7, 11) is -3.08. The zero-order valence-electron chi connectivity index (χ0n) is 11.6. The predicted octanol–water partition coefficient (Wildman–Crippen LogP) is 0.384. The molecule has 0 aromatic carbocycles. The van der Waals surface area contributed by atoms with Gasteiger partial charge in [-0.25, -0.2) is 13.4 Å². The van der Waals surface area contributed by atoms with Crippen molar-refractivity contribution in [2.24, 2.45) is 16.8 Å². The fourth-order valence-electron chi connectivity index (χ4n) is 2.10. The maximum absolute atomic E-state index is 12.2. The van der Waals surface area contributed by atoms with Crippen LogP contribution in [0.4, 0.5) is 0 Å². The van der Waals surface area contributed by atoms with Crippen LogP contribution in [0.15, 0.2) is 5.10 Å². The van der Waals surface area contributed by atoms with Gasteiger partial charge in [-0.1, -0.05) is 13.3 Å². The molecule has 19 heavy (non-hydrogen) atoms. The molecular weight excluding hydrogens is 266 g/mol. The highest BCUT2D eigenvalue weighted by molar-refractivity contribution is 7.90. The van der Waals surface area contributed by atoms with Gasteiger partial charge in [0.05, 0.1) is 23.9 Å². The van der Waals surface area contributed by atoms with E-state index in [0.29, 0.717) is 13.0 Å². The van der Waals surface area contributed by atoms with Crippen molar-refractivity contribution in [2.45, 2.75) is 32.6 Å². The molecule has 0 bridgehead atoms. The minimum Gasteiger partial charge on any atom is -0.330 e. The van der Waals surface area contributed by atoms with Crippen LogP contribution in [0.25, 0.3) is 0 Å². The van der Waals surface area contributed by atoms with Crippen LogP contribution in [0.1, 0.15) is 32.6 Å². The zero-order valence-corrected chi connectivity index (χ0v) is 12.4. The molecule has 0 saturated carbocycles. The van der Waals surface area contributed by atoms with E-state index in [1.54, 1.807) is 0 Å². The smallest absolute Gasteiger partial charge is 0.251 e. The number of amides is 1. The van der Waals surface area contributed by atoms with E-state index < -0.39 is 9.84 Å². The normalized spacial score (nSPS) is 19.9. The Morgan fingerprint density at radius 1 is 1.42 bits per heavy atom. The molecule has 0 aromatic heterocycles. The molecule has 1 unspecified atom stereocenters. The number of nitrogens with zero attached hydrogens (tertiary/aromatic N) is 2. The first kappa shape index (κ1) is 16.1. The van der Waals surface area contributed by atoms with Gasteiger partial charge in [0.15, 0.2) is 0 Å². The third-order valence-electron chi connectivity index (χ3n) is 3.08. The fraction of sp³-hybridized carbons (Fsp3) is 0.833. The molecular formula is C12H23N3O3S. The quantitative estimate of drug-likeness (QED) is 0.699. The Bertz CT molecular complexity index is 445. The Balaban J connectivity index is 2.71. The summed E-state index contributed by atoms with van der Waals surface area (Å²) in [5.74, 6) is -0.339. The van der Waals surface area contributed by atoms with Crippen molar-refractivity contribution in [1.82, 2.24) is 5.01 Å². The molecule has 0 aliphatic carbocycles. The summed E-state index contributed by atoms with van der Waals surface area (Å²) in [6.07, 6.45) is 4.33. The molecule has 0 saturated heterocycles. The average molecular weight is 289 g/mol. The summed E-state index contributed by atoms with van der Waals surface area (Å²) in [5, 5.41) is 5.60. The van der Waals surface area contributed by atoms with E-state index in [0.717, 1.165) is 31.2 Å². The number of hydrazone groups is 1. The van der Waals surface area contributed by atoms with E-state index in [4.69, 9.17) is 5.73 Å². The van der Waals surface area contributed by atoms with Gasteiger partial charge in [-0.3, -0.25) is 4.79 Å². The van der Waals surface area contributed by atoms with E-state index in [1.165, 1.54) is 5.01 Å². The van der Waals surface area contributed by atoms with Gasteiger partial charge < -0.3 is 5.73 Å². The molecule has 2 N–H and O–H groups in total. The highest BCUT2D eigenvalue weighted by Crippen LogP contribution is 2.23. The second-order valence-corrected chi connectivity index (χ2v) is 7.18. The van der Waals surface area contributed by atoms with Crippen molar-refractivity contribution < 1.29 is 13.2 Å². The summed E-state index contributed by atoms with van der Waals surface area (Å²) >= 11 is 0. The largest absolute Gasteiger partial charge is 0.330 e. The van der Waals surface area contributed by atoms with Crippen molar-refractivity contribution in [1.29, 1.82) is 0 Å². The van der Waals surface area contributed by atoms with E-state index in [-0.39, 0.29) is 24.1 Å². The Hall–Kier alpha value is -0.950. The van der Waals surface area contributed by atoms with Crippen LogP contribution in [-0.2, 0) is 14.6 Å². The standard InChI is InChI=1S/C12H23N3O3S/c1-3-5-11-10(6-4-7-13)12(16)15(14-11)8-9-19(2,17)18/h10H,3-9,13H2,1-2H3. The maximum Gasteiger partial charge on any atom is 0.251 e. The molecule has 6 nitrogen and oxygen atoms in total. The molecule has 1 atom stereocenters. The van der Waals surface area contributed by atoms with Gasteiger partial charge in [0.25, 0.3) is 5.91 Å². The minimum atomic E-state index is -3.08. The van der Waals surface area contributed by atoms with Gasteiger partial charge in [0.2, 0.25) is 0 Å². The summed E-state index contributed by atoms with van der Waals surface area (Å²) in [5.41, 5.74) is 6.35. The van der Waals surface area contributed by atoms with Crippen LogP contribution in [0, 0.1) is 5.92 Å². The first-order valence-corrected chi connectivity index (χ1v) is 8.71. The van der Waals surface area contributed by atoms with E-state index in [1.807, 2.05) is 6.92 Å². The number of rotatable bonds is 8. The number of carbonyl (C=O) groups excluding carboxylic acids is 1. The maximum atomic E-state index is 12.2. The summed E-state index contributed by atoms with van der Waals surface area (Å²) < 4.78 is 22.3. The molecule has 7 heteroatoms. The van der Waals surface area contributed by atoms with E-state index >= 15 is 0 Å². The van der Waals surface area contributed by atoms with Gasteiger partial charge in [0, 0.05) is 6.26 Å². The van der Waals surface area contributed by atoms with Crippen LogP contribution >= 0.6 is 0 Å². The fourth-order valence-corrected chi connectivity index (χ4v) is 2.61. The second kappa shape index (κ2) is 7.00. The third kappa shape index (κ3) is 4.91. The molecule has 1 rings (SSSR count). The van der Waals surface area contributed by atoms with Crippen LogP contribution in [-0.4, -0.2) is 50.1 Å². The van der Waals surface area contributed by atoms with Crippen LogP contribution in [0.3, 0.4) is 0 Å². The van der Waals surface area contributed by atoms with Crippen molar-refractivity contribution in [3.8, 4) is 0 Å². The Morgan fingerprint density at radius 3 is 2.63 bits per heavy atom. The lowest BCUT2D eigenvalue weighted by Gasteiger charge is -2.13. The number of nitrogens with two attached hydrogens (primary N) is 1. The predicted molar refractivity (Wildman–Crippen MR) is 75.5 cm³/mol. The van der Waals surface area contributed by atoms with Crippen molar-refractivity contribution in [3.63, 3.8) is 0 Å². The lowest BCUT2D eigenvalue weighted by atomic mass is 9.95. The van der Waals surface area contributed by atoms with Gasteiger partial charge in [0.1, 0.15) is 9.84 Å². The highest BCUT2D eigenvalue weighted by Gasteiger charge is 2.34. The monoisotopic (exact) mass is 289 g/mol. The summed E-state index contributed by atoms with van der Waals surface area (Å²) in [6.45, 7) is 2.72. The van der Waals surface area contributed by atoms with Crippen molar-refractivity contribution in [2.75, 3.05) is 25.1 Å².